The molecular formula is C12H15ClN2O2. The Bertz CT molecular complexity index is 486. The predicted molar refractivity (Wildman–Crippen MR) is 68.5 cm³/mol. The molecule has 1 aliphatic rings. The lowest BCUT2D eigenvalue weighted by Crippen LogP contribution is -2.41. The maximum Gasteiger partial charge on any atom is 0.265 e. The van der Waals surface area contributed by atoms with Crippen LogP contribution in [0.1, 0.15) is 19.4 Å². The predicted octanol–water partition coefficient (Wildman–Crippen LogP) is 2.59. The van der Waals surface area contributed by atoms with Crippen LogP contribution in [-0.4, -0.2) is 12.0 Å². The molecule has 0 aromatic heterocycles. The van der Waals surface area contributed by atoms with Gasteiger partial charge in [0.05, 0.1) is 10.7 Å². The number of anilines is 2. The molecule has 92 valence electrons. The van der Waals surface area contributed by atoms with Crippen LogP contribution in [0.4, 0.5) is 11.4 Å². The van der Waals surface area contributed by atoms with E-state index in [9.17, 15) is 4.79 Å². The monoisotopic (exact) mass is 254 g/mol. The number of nitrogen functional groups attached to an aromatic ring is 1. The van der Waals surface area contributed by atoms with E-state index in [4.69, 9.17) is 22.1 Å². The highest BCUT2D eigenvalue weighted by molar-refractivity contribution is 6.33. The van der Waals surface area contributed by atoms with E-state index in [1.807, 2.05) is 20.8 Å². The van der Waals surface area contributed by atoms with Crippen molar-refractivity contribution in [1.29, 1.82) is 0 Å². The first kappa shape index (κ1) is 12.0. The van der Waals surface area contributed by atoms with Crippen molar-refractivity contribution in [3.05, 3.63) is 16.7 Å². The van der Waals surface area contributed by atoms with E-state index in [-0.39, 0.29) is 11.8 Å². The van der Waals surface area contributed by atoms with Crippen LogP contribution in [0.5, 0.6) is 5.75 Å². The number of carbonyl (C=O) groups excluding carboxylic acids is 1. The first-order chi connectivity index (χ1) is 7.91. The third-order valence-electron chi connectivity index (χ3n) is 2.89. The molecule has 1 aromatic carbocycles. The Morgan fingerprint density at radius 1 is 1.53 bits per heavy atom. The van der Waals surface area contributed by atoms with Crippen molar-refractivity contribution in [3.8, 4) is 5.75 Å². The molecule has 0 saturated carbocycles. The quantitative estimate of drug-likeness (QED) is 0.757. The molecule has 1 aromatic rings. The maximum absolute atomic E-state index is 11.9. The molecule has 4 nitrogen and oxygen atoms in total. The summed E-state index contributed by atoms with van der Waals surface area (Å²) >= 11 is 6.08. The molecule has 0 spiro atoms. The fourth-order valence-corrected chi connectivity index (χ4v) is 2.08. The lowest BCUT2D eigenvalue weighted by atomic mass is 10.0. The second kappa shape index (κ2) is 4.11. The Hall–Kier alpha value is -1.42. The van der Waals surface area contributed by atoms with Gasteiger partial charge in [-0.2, -0.15) is 0 Å². The molecule has 2 rings (SSSR count). The van der Waals surface area contributed by atoms with Gasteiger partial charge < -0.3 is 15.8 Å². The number of nitrogens with one attached hydrogen (secondary N) is 1. The number of amides is 1. The van der Waals surface area contributed by atoms with Crippen molar-refractivity contribution in [2.24, 2.45) is 5.92 Å². The van der Waals surface area contributed by atoms with Gasteiger partial charge >= 0.3 is 0 Å². The van der Waals surface area contributed by atoms with E-state index >= 15 is 0 Å². The van der Waals surface area contributed by atoms with Gasteiger partial charge in [0.2, 0.25) is 0 Å². The van der Waals surface area contributed by atoms with E-state index in [1.54, 1.807) is 6.07 Å². The van der Waals surface area contributed by atoms with Gasteiger partial charge in [-0.05, 0) is 24.5 Å². The standard InChI is InChI=1S/C12H15ClN2O2/c1-5(2)10-12(16)15-9-6(3)8(14)4-7(13)11(9)17-10/h4-5,10H,14H2,1-3H3,(H,15,16). The molecule has 0 saturated heterocycles. The van der Waals surface area contributed by atoms with Crippen LogP contribution < -0.4 is 15.8 Å². The Morgan fingerprint density at radius 3 is 2.76 bits per heavy atom. The van der Waals surface area contributed by atoms with Gasteiger partial charge in [-0.3, -0.25) is 4.79 Å². The van der Waals surface area contributed by atoms with Crippen LogP contribution in [-0.2, 0) is 4.79 Å². The summed E-state index contributed by atoms with van der Waals surface area (Å²) in [5.41, 5.74) is 7.69. The maximum atomic E-state index is 11.9. The highest BCUT2D eigenvalue weighted by Crippen LogP contribution is 2.42. The minimum atomic E-state index is -0.511. The molecule has 1 amide bonds. The van der Waals surface area contributed by atoms with Crippen molar-refractivity contribution in [3.63, 3.8) is 0 Å². The molecule has 3 N–H and O–H groups in total. The number of nitrogens with two attached hydrogens (primary N) is 1. The van der Waals surface area contributed by atoms with Gasteiger partial charge in [-0.25, -0.2) is 0 Å². The van der Waals surface area contributed by atoms with Crippen molar-refractivity contribution in [1.82, 2.24) is 0 Å². The van der Waals surface area contributed by atoms with Gasteiger partial charge in [0.25, 0.3) is 5.91 Å². The molecule has 0 aliphatic carbocycles. The summed E-state index contributed by atoms with van der Waals surface area (Å²) in [5, 5.41) is 3.24. The number of halogens is 1. The highest BCUT2D eigenvalue weighted by atomic mass is 35.5. The van der Waals surface area contributed by atoms with Crippen LogP contribution in [0.3, 0.4) is 0 Å². The third-order valence-corrected chi connectivity index (χ3v) is 3.17. The summed E-state index contributed by atoms with van der Waals surface area (Å²) in [6.45, 7) is 5.67. The van der Waals surface area contributed by atoms with Crippen molar-refractivity contribution < 1.29 is 9.53 Å². The smallest absolute Gasteiger partial charge is 0.265 e. The molecule has 1 heterocycles. The Morgan fingerprint density at radius 2 is 2.18 bits per heavy atom. The average Bonchev–Trinajstić information content (AvgIpc) is 2.25. The fraction of sp³-hybridized carbons (Fsp3) is 0.417. The van der Waals surface area contributed by atoms with Gasteiger partial charge in [0.15, 0.2) is 11.9 Å². The fourth-order valence-electron chi connectivity index (χ4n) is 1.82. The molecule has 5 heteroatoms. The summed E-state index contributed by atoms with van der Waals surface area (Å²) < 4.78 is 5.67. The van der Waals surface area contributed by atoms with Crippen LogP contribution in [0, 0.1) is 12.8 Å². The van der Waals surface area contributed by atoms with E-state index in [0.29, 0.717) is 22.1 Å². The topological polar surface area (TPSA) is 64.3 Å². The normalized spacial score (nSPS) is 18.6. The van der Waals surface area contributed by atoms with Crippen molar-refractivity contribution >= 4 is 28.9 Å². The zero-order valence-electron chi connectivity index (χ0n) is 10.0. The molecule has 0 radical (unpaired) electrons. The molecule has 0 bridgehead atoms. The minimum Gasteiger partial charge on any atom is -0.477 e. The highest BCUT2D eigenvalue weighted by Gasteiger charge is 2.32. The second-order valence-corrected chi connectivity index (χ2v) is 4.96. The van der Waals surface area contributed by atoms with Crippen LogP contribution in [0.15, 0.2) is 6.07 Å². The first-order valence-electron chi connectivity index (χ1n) is 5.48. The second-order valence-electron chi connectivity index (χ2n) is 4.55. The first-order valence-corrected chi connectivity index (χ1v) is 5.85. The Labute approximate surface area is 105 Å². The van der Waals surface area contributed by atoms with Gasteiger partial charge in [-0.15, -0.1) is 0 Å². The number of hydrogen-bond acceptors (Lipinski definition) is 3. The molecular weight excluding hydrogens is 240 g/mol. The lowest BCUT2D eigenvalue weighted by Gasteiger charge is -2.30. The average molecular weight is 255 g/mol. The number of carbonyl (C=O) groups is 1. The zero-order chi connectivity index (χ0) is 12.7. The summed E-state index contributed by atoms with van der Waals surface area (Å²) in [4.78, 5) is 11.9. The van der Waals surface area contributed by atoms with E-state index in [0.717, 1.165) is 5.56 Å². The Kier molecular flexibility index (Phi) is 2.91. The number of hydrogen-bond donors (Lipinski definition) is 2. The molecule has 0 fully saturated rings. The van der Waals surface area contributed by atoms with Crippen LogP contribution in [0.25, 0.3) is 0 Å². The Balaban J connectivity index is 2.52. The zero-order valence-corrected chi connectivity index (χ0v) is 10.8. The lowest BCUT2D eigenvalue weighted by molar-refractivity contribution is -0.125. The SMILES string of the molecule is Cc1c(N)cc(Cl)c2c1NC(=O)C(C(C)C)O2. The summed E-state index contributed by atoms with van der Waals surface area (Å²) in [6, 6.07) is 1.64. The largest absolute Gasteiger partial charge is 0.477 e. The number of benzene rings is 1. The molecule has 1 aliphatic heterocycles. The number of ether oxygens (including phenoxy) is 1. The molecule has 1 atom stereocenters. The van der Waals surface area contributed by atoms with Gasteiger partial charge in [0, 0.05) is 5.69 Å². The molecule has 1 unspecified atom stereocenters. The number of rotatable bonds is 1. The summed E-state index contributed by atoms with van der Waals surface area (Å²) in [5.74, 6) is 0.436. The van der Waals surface area contributed by atoms with E-state index < -0.39 is 6.10 Å². The van der Waals surface area contributed by atoms with E-state index in [2.05, 4.69) is 5.32 Å². The summed E-state index contributed by atoms with van der Waals surface area (Å²) in [7, 11) is 0. The van der Waals surface area contributed by atoms with Crippen molar-refractivity contribution in [2.75, 3.05) is 11.1 Å². The van der Waals surface area contributed by atoms with Crippen LogP contribution >= 0.6 is 11.6 Å². The van der Waals surface area contributed by atoms with E-state index in [1.165, 1.54) is 0 Å². The van der Waals surface area contributed by atoms with Crippen LogP contribution in [0.2, 0.25) is 5.02 Å². The van der Waals surface area contributed by atoms with Gasteiger partial charge in [0.1, 0.15) is 0 Å². The van der Waals surface area contributed by atoms with Gasteiger partial charge in [-0.1, -0.05) is 25.4 Å². The van der Waals surface area contributed by atoms with Crippen molar-refractivity contribution in [2.45, 2.75) is 26.9 Å². The molecule has 17 heavy (non-hydrogen) atoms. The third kappa shape index (κ3) is 1.93. The number of fused-ring (bicyclic) bond motifs is 1. The summed E-state index contributed by atoms with van der Waals surface area (Å²) in [6.07, 6.45) is -0.511. The minimum absolute atomic E-state index is 0.0806.